The monoisotopic (exact) mass is 498 g/mol. The number of hydrogen-bond donors (Lipinski definition) is 2. The van der Waals surface area contributed by atoms with E-state index in [2.05, 4.69) is 27.4 Å². The smallest absolute Gasteiger partial charge is 0.338 e. The van der Waals surface area contributed by atoms with Gasteiger partial charge in [-0.1, -0.05) is 29.8 Å². The number of esters is 1. The molecule has 0 spiro atoms. The third kappa shape index (κ3) is 5.71. The fraction of sp³-hybridized carbons (Fsp3) is 0.385. The second-order valence-corrected chi connectivity index (χ2v) is 9.05. The van der Waals surface area contributed by atoms with Gasteiger partial charge < -0.3 is 25.0 Å². The third-order valence-electron chi connectivity index (χ3n) is 6.36. The summed E-state index contributed by atoms with van der Waals surface area (Å²) in [6, 6.07) is 12.3. The number of carbonyl (C=O) groups excluding carboxylic acids is 2. The molecule has 2 amide bonds. The second kappa shape index (κ2) is 11.0. The van der Waals surface area contributed by atoms with Gasteiger partial charge in [0.15, 0.2) is 0 Å². The first kappa shape index (κ1) is 24.9. The minimum absolute atomic E-state index is 0.247. The molecule has 2 heterocycles. The molecule has 0 bridgehead atoms. The van der Waals surface area contributed by atoms with Crippen molar-refractivity contribution in [2.75, 3.05) is 51.3 Å². The number of piperazine rings is 1. The fourth-order valence-electron chi connectivity index (χ4n) is 4.53. The lowest BCUT2D eigenvalue weighted by atomic mass is 9.94. The summed E-state index contributed by atoms with van der Waals surface area (Å²) in [4.78, 5) is 30.2. The first-order valence-corrected chi connectivity index (χ1v) is 12.1. The highest BCUT2D eigenvalue weighted by Crippen LogP contribution is 2.30. The summed E-state index contributed by atoms with van der Waals surface area (Å²) >= 11 is 6.22. The minimum atomic E-state index is -0.612. The van der Waals surface area contributed by atoms with Crippen LogP contribution in [0.15, 0.2) is 53.7 Å². The highest BCUT2D eigenvalue weighted by Gasteiger charge is 2.34. The zero-order chi connectivity index (χ0) is 24.9. The summed E-state index contributed by atoms with van der Waals surface area (Å²) < 4.78 is 10.6. The van der Waals surface area contributed by atoms with E-state index in [0.717, 1.165) is 42.5 Å². The van der Waals surface area contributed by atoms with Crippen molar-refractivity contribution in [3.05, 3.63) is 69.9 Å². The average Bonchev–Trinajstić information content (AvgIpc) is 2.86. The number of urea groups is 1. The van der Waals surface area contributed by atoms with E-state index < -0.39 is 12.0 Å². The second-order valence-electron chi connectivity index (χ2n) is 8.61. The SMILES string of the molecule is CCOC(=O)C1=C(CN2CCN(c3cc(Cl)ccc3C)CC2)NC(=O)NC1c1ccc(OC)cc1. The standard InChI is InChI=1S/C26H31ClN4O4/c1-4-35-25(32)23-21(28-26(33)29-24(23)18-6-9-20(34-3)10-7-18)16-30-11-13-31(14-12-30)22-15-19(27)8-5-17(22)2/h5-10,15,24H,4,11-14,16H2,1-3H3,(H2,28,29,33). The Labute approximate surface area is 210 Å². The quantitative estimate of drug-likeness (QED) is 0.567. The number of carbonyl (C=O) groups is 2. The number of benzene rings is 2. The van der Waals surface area contributed by atoms with Crippen LogP contribution in [0.3, 0.4) is 0 Å². The minimum Gasteiger partial charge on any atom is -0.497 e. The molecule has 2 aromatic carbocycles. The van der Waals surface area contributed by atoms with Gasteiger partial charge in [-0.3, -0.25) is 4.90 Å². The normalized spacial score (nSPS) is 18.7. The molecule has 0 saturated carbocycles. The molecule has 2 N–H and O–H groups in total. The van der Waals surface area contributed by atoms with Crippen molar-refractivity contribution in [3.63, 3.8) is 0 Å². The van der Waals surface area contributed by atoms with Gasteiger partial charge in [-0.25, -0.2) is 9.59 Å². The molecule has 1 atom stereocenters. The number of nitrogens with zero attached hydrogens (tertiary/aromatic N) is 2. The molecule has 2 aromatic rings. The Morgan fingerprint density at radius 3 is 2.49 bits per heavy atom. The maximum Gasteiger partial charge on any atom is 0.338 e. The maximum atomic E-state index is 13.0. The number of hydrogen-bond acceptors (Lipinski definition) is 6. The topological polar surface area (TPSA) is 83.1 Å². The van der Waals surface area contributed by atoms with Crippen molar-refractivity contribution in [1.82, 2.24) is 15.5 Å². The van der Waals surface area contributed by atoms with Gasteiger partial charge in [0.05, 0.1) is 25.3 Å². The van der Waals surface area contributed by atoms with Crippen LogP contribution in [0.25, 0.3) is 0 Å². The Balaban J connectivity index is 1.56. The molecule has 35 heavy (non-hydrogen) atoms. The van der Waals surface area contributed by atoms with E-state index in [1.54, 1.807) is 14.0 Å². The molecule has 0 aliphatic carbocycles. The van der Waals surface area contributed by atoms with Gasteiger partial charge in [-0.15, -0.1) is 0 Å². The Hall–Kier alpha value is -3.23. The van der Waals surface area contributed by atoms with Crippen molar-refractivity contribution in [1.29, 1.82) is 0 Å². The Kier molecular flexibility index (Phi) is 7.83. The summed E-state index contributed by atoms with van der Waals surface area (Å²) in [7, 11) is 1.59. The van der Waals surface area contributed by atoms with E-state index in [1.807, 2.05) is 42.5 Å². The highest BCUT2D eigenvalue weighted by molar-refractivity contribution is 6.30. The van der Waals surface area contributed by atoms with Gasteiger partial charge in [0.1, 0.15) is 5.75 Å². The largest absolute Gasteiger partial charge is 0.497 e. The van der Waals surface area contributed by atoms with Crippen LogP contribution in [0.5, 0.6) is 5.75 Å². The van der Waals surface area contributed by atoms with E-state index in [1.165, 1.54) is 5.56 Å². The molecular weight excluding hydrogens is 468 g/mol. The van der Waals surface area contributed by atoms with Crippen molar-refractivity contribution >= 4 is 29.3 Å². The van der Waals surface area contributed by atoms with Crippen LogP contribution in [-0.2, 0) is 9.53 Å². The van der Waals surface area contributed by atoms with Crippen molar-refractivity contribution < 1.29 is 19.1 Å². The number of amides is 2. The van der Waals surface area contributed by atoms with Crippen LogP contribution in [-0.4, -0.2) is 63.3 Å². The van der Waals surface area contributed by atoms with Gasteiger partial charge in [-0.2, -0.15) is 0 Å². The molecule has 9 heteroatoms. The van der Waals surface area contributed by atoms with Crippen LogP contribution in [0.1, 0.15) is 24.1 Å². The average molecular weight is 499 g/mol. The zero-order valence-corrected chi connectivity index (χ0v) is 21.0. The van der Waals surface area contributed by atoms with Gasteiger partial charge in [0.2, 0.25) is 0 Å². The van der Waals surface area contributed by atoms with E-state index in [4.69, 9.17) is 21.1 Å². The lowest BCUT2D eigenvalue weighted by molar-refractivity contribution is -0.139. The number of aryl methyl sites for hydroxylation is 1. The molecule has 0 radical (unpaired) electrons. The van der Waals surface area contributed by atoms with Gasteiger partial charge >= 0.3 is 12.0 Å². The Morgan fingerprint density at radius 2 is 1.83 bits per heavy atom. The molecule has 2 aliphatic heterocycles. The molecule has 8 nitrogen and oxygen atoms in total. The Bertz CT molecular complexity index is 1110. The molecule has 1 fully saturated rings. The van der Waals surface area contributed by atoms with Gasteiger partial charge in [-0.05, 0) is 49.2 Å². The van der Waals surface area contributed by atoms with E-state index in [-0.39, 0.29) is 12.6 Å². The number of ether oxygens (including phenoxy) is 2. The summed E-state index contributed by atoms with van der Waals surface area (Å²) in [5, 5.41) is 6.47. The lowest BCUT2D eigenvalue weighted by Crippen LogP contribution is -2.52. The molecule has 1 saturated heterocycles. The number of nitrogens with one attached hydrogen (secondary N) is 2. The maximum absolute atomic E-state index is 13.0. The zero-order valence-electron chi connectivity index (χ0n) is 20.3. The highest BCUT2D eigenvalue weighted by atomic mass is 35.5. The molecule has 1 unspecified atom stereocenters. The number of rotatable bonds is 7. The summed E-state index contributed by atoms with van der Waals surface area (Å²) in [5.41, 5.74) is 4.09. The molecule has 2 aliphatic rings. The first-order valence-electron chi connectivity index (χ1n) is 11.7. The van der Waals surface area contributed by atoms with E-state index >= 15 is 0 Å². The number of methoxy groups -OCH3 is 1. The molecular formula is C26H31ClN4O4. The summed E-state index contributed by atoms with van der Waals surface area (Å²) in [5.74, 6) is 0.257. The van der Waals surface area contributed by atoms with Crippen molar-refractivity contribution in [2.45, 2.75) is 19.9 Å². The molecule has 0 aromatic heterocycles. The fourth-order valence-corrected chi connectivity index (χ4v) is 4.70. The van der Waals surface area contributed by atoms with E-state index in [9.17, 15) is 9.59 Å². The number of halogens is 1. The predicted octanol–water partition coefficient (Wildman–Crippen LogP) is 3.65. The van der Waals surface area contributed by atoms with E-state index in [0.29, 0.717) is 23.6 Å². The number of anilines is 1. The van der Waals surface area contributed by atoms with Gasteiger partial charge in [0, 0.05) is 49.1 Å². The Morgan fingerprint density at radius 1 is 1.11 bits per heavy atom. The summed E-state index contributed by atoms with van der Waals surface area (Å²) in [6.07, 6.45) is 0. The van der Waals surface area contributed by atoms with Crippen molar-refractivity contribution in [2.24, 2.45) is 0 Å². The van der Waals surface area contributed by atoms with Crippen LogP contribution in [0.2, 0.25) is 5.02 Å². The predicted molar refractivity (Wildman–Crippen MR) is 136 cm³/mol. The first-order chi connectivity index (χ1) is 16.9. The summed E-state index contributed by atoms with van der Waals surface area (Å²) in [6.45, 7) is 7.73. The van der Waals surface area contributed by atoms with Crippen LogP contribution >= 0.6 is 11.6 Å². The van der Waals surface area contributed by atoms with Crippen LogP contribution < -0.4 is 20.3 Å². The molecule has 186 valence electrons. The van der Waals surface area contributed by atoms with Crippen LogP contribution in [0.4, 0.5) is 10.5 Å². The lowest BCUT2D eigenvalue weighted by Gasteiger charge is -2.38. The third-order valence-corrected chi connectivity index (χ3v) is 6.60. The van der Waals surface area contributed by atoms with Crippen LogP contribution in [0, 0.1) is 6.92 Å². The van der Waals surface area contributed by atoms with Crippen molar-refractivity contribution in [3.8, 4) is 5.75 Å². The van der Waals surface area contributed by atoms with Gasteiger partial charge in [0.25, 0.3) is 0 Å². The molecule has 4 rings (SSSR count).